The van der Waals surface area contributed by atoms with Crippen LogP contribution < -0.4 is 5.32 Å². The Labute approximate surface area is 137 Å². The van der Waals surface area contributed by atoms with Gasteiger partial charge in [0.05, 0.1) is 0 Å². The van der Waals surface area contributed by atoms with Crippen molar-refractivity contribution < 1.29 is 4.79 Å². The zero-order valence-electron chi connectivity index (χ0n) is 13.7. The van der Waals surface area contributed by atoms with Crippen LogP contribution in [-0.2, 0) is 6.54 Å². The van der Waals surface area contributed by atoms with E-state index in [9.17, 15) is 4.79 Å². The number of hydrogen-bond donors (Lipinski definition) is 1. The highest BCUT2D eigenvalue weighted by molar-refractivity contribution is 5.92. The Morgan fingerprint density at radius 1 is 1.09 bits per heavy atom. The summed E-state index contributed by atoms with van der Waals surface area (Å²) < 4.78 is 0. The second-order valence-corrected chi connectivity index (χ2v) is 5.27. The van der Waals surface area contributed by atoms with Crippen LogP contribution in [-0.4, -0.2) is 38.8 Å². The number of anilines is 1. The van der Waals surface area contributed by atoms with Crippen LogP contribution in [0.15, 0.2) is 36.8 Å². The molecule has 0 aliphatic rings. The number of hydrogen-bond acceptors (Lipinski definition) is 5. The summed E-state index contributed by atoms with van der Waals surface area (Å²) in [5.41, 5.74) is 1.51. The molecule has 0 aromatic carbocycles. The first-order valence-electron chi connectivity index (χ1n) is 7.99. The number of nitrogens with zero attached hydrogens (tertiary/aromatic N) is 4. The molecular formula is C17H23N5O. The number of nitrogens with one attached hydrogen (secondary N) is 1. The van der Waals surface area contributed by atoms with Gasteiger partial charge in [0, 0.05) is 38.2 Å². The lowest BCUT2D eigenvalue weighted by molar-refractivity contribution is 0.0749. The maximum Gasteiger partial charge on any atom is 0.272 e. The van der Waals surface area contributed by atoms with Crippen LogP contribution in [0.3, 0.4) is 0 Å². The first-order valence-corrected chi connectivity index (χ1v) is 7.99. The molecule has 6 nitrogen and oxygen atoms in total. The van der Waals surface area contributed by atoms with E-state index in [4.69, 9.17) is 0 Å². The van der Waals surface area contributed by atoms with Crippen molar-refractivity contribution in [3.05, 3.63) is 48.0 Å². The molecule has 2 aromatic heterocycles. The van der Waals surface area contributed by atoms with Crippen molar-refractivity contribution in [1.82, 2.24) is 19.9 Å². The summed E-state index contributed by atoms with van der Waals surface area (Å²) in [7, 11) is 0. The molecular weight excluding hydrogens is 290 g/mol. The molecule has 1 N–H and O–H groups in total. The van der Waals surface area contributed by atoms with Crippen LogP contribution in [0.1, 0.15) is 42.7 Å². The standard InChI is InChI=1S/C17H23N5O/c1-3-11-22(12-4-2)16(23)15-7-10-19-17(21-15)20-13-14-5-8-18-9-6-14/h5-10H,3-4,11-13H2,1-2H3,(H,19,20,21). The minimum absolute atomic E-state index is 0.0388. The minimum Gasteiger partial charge on any atom is -0.350 e. The SMILES string of the molecule is CCCN(CCC)C(=O)c1ccnc(NCc2ccncc2)n1. The molecule has 0 radical (unpaired) electrons. The summed E-state index contributed by atoms with van der Waals surface area (Å²) in [6.45, 7) is 6.22. The molecule has 0 fully saturated rings. The van der Waals surface area contributed by atoms with Crippen molar-refractivity contribution in [2.24, 2.45) is 0 Å². The number of rotatable bonds is 8. The van der Waals surface area contributed by atoms with Gasteiger partial charge in [0.25, 0.3) is 5.91 Å². The average molecular weight is 313 g/mol. The van der Waals surface area contributed by atoms with Crippen molar-refractivity contribution in [1.29, 1.82) is 0 Å². The van der Waals surface area contributed by atoms with Gasteiger partial charge in [-0.05, 0) is 36.6 Å². The number of carbonyl (C=O) groups excluding carboxylic acids is 1. The minimum atomic E-state index is -0.0388. The molecule has 0 aliphatic heterocycles. The Kier molecular flexibility index (Phi) is 6.47. The molecule has 2 heterocycles. The summed E-state index contributed by atoms with van der Waals surface area (Å²) in [6, 6.07) is 5.51. The van der Waals surface area contributed by atoms with Gasteiger partial charge in [0.15, 0.2) is 0 Å². The van der Waals surface area contributed by atoms with E-state index >= 15 is 0 Å². The molecule has 6 heteroatoms. The molecule has 2 aromatic rings. The monoisotopic (exact) mass is 313 g/mol. The molecule has 0 saturated heterocycles. The van der Waals surface area contributed by atoms with E-state index in [1.807, 2.05) is 17.0 Å². The normalized spacial score (nSPS) is 10.3. The fourth-order valence-electron chi connectivity index (χ4n) is 2.26. The van der Waals surface area contributed by atoms with E-state index in [0.717, 1.165) is 31.5 Å². The van der Waals surface area contributed by atoms with Crippen molar-refractivity contribution in [2.45, 2.75) is 33.2 Å². The van der Waals surface area contributed by atoms with Gasteiger partial charge in [-0.2, -0.15) is 0 Å². The number of pyridine rings is 1. The van der Waals surface area contributed by atoms with Gasteiger partial charge in [-0.1, -0.05) is 13.8 Å². The van der Waals surface area contributed by atoms with Crippen molar-refractivity contribution in [2.75, 3.05) is 18.4 Å². The maximum atomic E-state index is 12.6. The van der Waals surface area contributed by atoms with Crippen molar-refractivity contribution >= 4 is 11.9 Å². The molecule has 122 valence electrons. The average Bonchev–Trinajstić information content (AvgIpc) is 2.60. The smallest absolute Gasteiger partial charge is 0.272 e. The number of carbonyl (C=O) groups is 1. The van der Waals surface area contributed by atoms with Crippen molar-refractivity contribution in [3.8, 4) is 0 Å². The van der Waals surface area contributed by atoms with Crippen LogP contribution in [0.25, 0.3) is 0 Å². The van der Waals surface area contributed by atoms with Gasteiger partial charge < -0.3 is 10.2 Å². The second-order valence-electron chi connectivity index (χ2n) is 5.27. The fraction of sp³-hybridized carbons (Fsp3) is 0.412. The lowest BCUT2D eigenvalue weighted by atomic mass is 10.3. The fourth-order valence-corrected chi connectivity index (χ4v) is 2.26. The van der Waals surface area contributed by atoms with Gasteiger partial charge in [0.2, 0.25) is 5.95 Å². The number of aromatic nitrogens is 3. The molecule has 0 aliphatic carbocycles. The highest BCUT2D eigenvalue weighted by Gasteiger charge is 2.16. The van der Waals surface area contributed by atoms with E-state index in [1.165, 1.54) is 0 Å². The lowest BCUT2D eigenvalue weighted by Gasteiger charge is -2.21. The summed E-state index contributed by atoms with van der Waals surface area (Å²) in [6.07, 6.45) is 6.97. The van der Waals surface area contributed by atoms with Gasteiger partial charge in [-0.15, -0.1) is 0 Å². The van der Waals surface area contributed by atoms with Crippen LogP contribution in [0.4, 0.5) is 5.95 Å². The quantitative estimate of drug-likeness (QED) is 0.811. The van der Waals surface area contributed by atoms with E-state index in [0.29, 0.717) is 18.2 Å². The Morgan fingerprint density at radius 3 is 2.43 bits per heavy atom. The van der Waals surface area contributed by atoms with Crippen molar-refractivity contribution in [3.63, 3.8) is 0 Å². The van der Waals surface area contributed by atoms with E-state index in [2.05, 4.69) is 34.1 Å². The highest BCUT2D eigenvalue weighted by atomic mass is 16.2. The zero-order chi connectivity index (χ0) is 16.5. The molecule has 0 unspecified atom stereocenters. The van der Waals surface area contributed by atoms with Gasteiger partial charge >= 0.3 is 0 Å². The summed E-state index contributed by atoms with van der Waals surface area (Å²) in [5, 5.41) is 3.14. The first kappa shape index (κ1) is 16.9. The largest absolute Gasteiger partial charge is 0.350 e. The Balaban J connectivity index is 2.04. The lowest BCUT2D eigenvalue weighted by Crippen LogP contribution is -2.33. The van der Waals surface area contributed by atoms with Crippen LogP contribution in [0, 0.1) is 0 Å². The Bertz CT molecular complexity index is 611. The molecule has 0 saturated carbocycles. The maximum absolute atomic E-state index is 12.6. The van der Waals surface area contributed by atoms with Crippen LogP contribution >= 0.6 is 0 Å². The molecule has 1 amide bonds. The zero-order valence-corrected chi connectivity index (χ0v) is 13.7. The number of amides is 1. The van der Waals surface area contributed by atoms with Crippen LogP contribution in [0.5, 0.6) is 0 Å². The summed E-state index contributed by atoms with van der Waals surface area (Å²) in [4.78, 5) is 26.9. The van der Waals surface area contributed by atoms with Gasteiger partial charge in [-0.3, -0.25) is 9.78 Å². The summed E-state index contributed by atoms with van der Waals surface area (Å²) >= 11 is 0. The molecule has 2 rings (SSSR count). The molecule has 0 bridgehead atoms. The van der Waals surface area contributed by atoms with E-state index < -0.39 is 0 Å². The first-order chi connectivity index (χ1) is 11.2. The summed E-state index contributed by atoms with van der Waals surface area (Å²) in [5.74, 6) is 0.420. The third kappa shape index (κ3) is 5.02. The Hall–Kier alpha value is -2.50. The Morgan fingerprint density at radius 2 is 1.78 bits per heavy atom. The second kappa shape index (κ2) is 8.82. The highest BCUT2D eigenvalue weighted by Crippen LogP contribution is 2.08. The predicted molar refractivity (Wildman–Crippen MR) is 90.1 cm³/mol. The molecule has 23 heavy (non-hydrogen) atoms. The van der Waals surface area contributed by atoms with Gasteiger partial charge in [-0.25, -0.2) is 9.97 Å². The molecule has 0 atom stereocenters. The molecule has 0 spiro atoms. The topological polar surface area (TPSA) is 71.0 Å². The predicted octanol–water partition coefficient (Wildman–Crippen LogP) is 2.75. The van der Waals surface area contributed by atoms with E-state index in [-0.39, 0.29) is 5.91 Å². The van der Waals surface area contributed by atoms with Gasteiger partial charge in [0.1, 0.15) is 5.69 Å². The van der Waals surface area contributed by atoms with Crippen LogP contribution in [0.2, 0.25) is 0 Å². The third-order valence-electron chi connectivity index (χ3n) is 3.35. The third-order valence-corrected chi connectivity index (χ3v) is 3.35. The van der Waals surface area contributed by atoms with E-state index in [1.54, 1.807) is 24.7 Å².